The fourth-order valence-corrected chi connectivity index (χ4v) is 1.89. The van der Waals surface area contributed by atoms with Gasteiger partial charge in [-0.25, -0.2) is 0 Å². The van der Waals surface area contributed by atoms with Crippen molar-refractivity contribution in [2.75, 3.05) is 25.0 Å². The van der Waals surface area contributed by atoms with Crippen LogP contribution in [-0.2, 0) is 0 Å². The molecule has 0 radical (unpaired) electrons. The van der Waals surface area contributed by atoms with Crippen molar-refractivity contribution < 1.29 is 18.0 Å². The zero-order valence-electron chi connectivity index (χ0n) is 11.8. The van der Waals surface area contributed by atoms with Gasteiger partial charge in [-0.2, -0.15) is 13.2 Å². The van der Waals surface area contributed by atoms with Gasteiger partial charge in [0.1, 0.15) is 6.54 Å². The van der Waals surface area contributed by atoms with E-state index in [0.29, 0.717) is 12.2 Å². The molecule has 0 heterocycles. The molecule has 0 atom stereocenters. The molecule has 0 aromatic heterocycles. The number of hydrogen-bond acceptors (Lipinski definition) is 2. The van der Waals surface area contributed by atoms with E-state index in [1.54, 1.807) is 19.1 Å². The molecule has 1 aromatic carbocycles. The molecule has 0 aliphatic carbocycles. The van der Waals surface area contributed by atoms with E-state index in [4.69, 9.17) is 0 Å². The molecule has 20 heavy (non-hydrogen) atoms. The Morgan fingerprint density at radius 2 is 1.95 bits per heavy atom. The third-order valence-electron chi connectivity index (χ3n) is 2.81. The minimum Gasteiger partial charge on any atom is -0.385 e. The van der Waals surface area contributed by atoms with Gasteiger partial charge in [0.15, 0.2) is 0 Å². The number of rotatable bonds is 5. The molecule has 112 valence electrons. The number of hydrogen-bond donors (Lipinski definition) is 1. The lowest BCUT2D eigenvalue weighted by atomic mass is 10.1. The molecule has 0 spiro atoms. The summed E-state index contributed by atoms with van der Waals surface area (Å²) in [6.07, 6.45) is -4.39. The molecule has 6 heteroatoms. The van der Waals surface area contributed by atoms with Crippen LogP contribution in [0.4, 0.5) is 18.9 Å². The fourth-order valence-electron chi connectivity index (χ4n) is 1.89. The van der Waals surface area contributed by atoms with Crippen molar-refractivity contribution in [1.82, 2.24) is 4.90 Å². The van der Waals surface area contributed by atoms with Gasteiger partial charge in [0.05, 0.1) is 5.56 Å². The van der Waals surface area contributed by atoms with Crippen molar-refractivity contribution >= 4 is 11.6 Å². The molecule has 0 saturated carbocycles. The van der Waals surface area contributed by atoms with Crippen LogP contribution in [0, 0.1) is 6.92 Å². The monoisotopic (exact) mass is 288 g/mol. The van der Waals surface area contributed by atoms with Crippen LogP contribution in [0.3, 0.4) is 0 Å². The van der Waals surface area contributed by atoms with Gasteiger partial charge in [-0.1, -0.05) is 11.6 Å². The van der Waals surface area contributed by atoms with Crippen LogP contribution in [0.2, 0.25) is 0 Å². The Bertz CT molecular complexity index is 472. The second-order valence-corrected chi connectivity index (χ2v) is 4.51. The van der Waals surface area contributed by atoms with Gasteiger partial charge in [0.25, 0.3) is 5.91 Å². The second-order valence-electron chi connectivity index (χ2n) is 4.51. The number of nitrogens with zero attached hydrogens (tertiary/aromatic N) is 1. The van der Waals surface area contributed by atoms with Crippen molar-refractivity contribution in [2.24, 2.45) is 0 Å². The minimum absolute atomic E-state index is 0.0118. The molecule has 0 bridgehead atoms. The summed E-state index contributed by atoms with van der Waals surface area (Å²) in [4.78, 5) is 13.1. The van der Waals surface area contributed by atoms with Crippen molar-refractivity contribution in [3.8, 4) is 0 Å². The van der Waals surface area contributed by atoms with Gasteiger partial charge in [0.2, 0.25) is 0 Å². The maximum Gasteiger partial charge on any atom is 0.406 e. The van der Waals surface area contributed by atoms with E-state index in [2.05, 4.69) is 5.32 Å². The molecule has 3 nitrogen and oxygen atoms in total. The largest absolute Gasteiger partial charge is 0.406 e. The van der Waals surface area contributed by atoms with E-state index in [9.17, 15) is 18.0 Å². The Morgan fingerprint density at radius 1 is 1.30 bits per heavy atom. The first-order valence-corrected chi connectivity index (χ1v) is 6.49. The number of anilines is 1. The van der Waals surface area contributed by atoms with Crippen molar-refractivity contribution in [3.05, 3.63) is 29.3 Å². The van der Waals surface area contributed by atoms with Crippen LogP contribution < -0.4 is 5.32 Å². The number of carbonyl (C=O) groups is 1. The lowest BCUT2D eigenvalue weighted by molar-refractivity contribution is -0.140. The highest BCUT2D eigenvalue weighted by Gasteiger charge is 2.33. The maximum absolute atomic E-state index is 12.5. The molecule has 1 amide bonds. The summed E-state index contributed by atoms with van der Waals surface area (Å²) in [5, 5.41) is 3.00. The molecule has 1 aromatic rings. The molecule has 0 aliphatic rings. The van der Waals surface area contributed by atoms with Gasteiger partial charge in [0, 0.05) is 18.8 Å². The maximum atomic E-state index is 12.5. The Kier molecular flexibility index (Phi) is 5.42. The molecule has 0 aliphatic heterocycles. The standard InChI is InChI=1S/C14H19F3N2O/c1-4-18-12-7-6-10(3)8-11(12)13(20)19(5-2)9-14(15,16)17/h6-8,18H,4-5,9H2,1-3H3. The van der Waals surface area contributed by atoms with Crippen LogP contribution in [0.1, 0.15) is 29.8 Å². The first kappa shape index (κ1) is 16.3. The second kappa shape index (κ2) is 6.63. The molecule has 1 rings (SSSR count). The normalized spacial score (nSPS) is 11.3. The first-order valence-electron chi connectivity index (χ1n) is 6.49. The van der Waals surface area contributed by atoms with E-state index < -0.39 is 18.6 Å². The third kappa shape index (κ3) is 4.43. The average molecular weight is 288 g/mol. The summed E-state index contributed by atoms with van der Waals surface area (Å²) in [5.74, 6) is -0.607. The fraction of sp³-hybridized carbons (Fsp3) is 0.500. The summed E-state index contributed by atoms with van der Waals surface area (Å²) in [6, 6.07) is 5.14. The Labute approximate surface area is 116 Å². The van der Waals surface area contributed by atoms with Crippen LogP contribution in [0.25, 0.3) is 0 Å². The van der Waals surface area contributed by atoms with Gasteiger partial charge < -0.3 is 10.2 Å². The zero-order chi connectivity index (χ0) is 15.3. The Morgan fingerprint density at radius 3 is 2.45 bits per heavy atom. The molecule has 0 fully saturated rings. The lowest BCUT2D eigenvalue weighted by Gasteiger charge is -2.23. The highest BCUT2D eigenvalue weighted by Crippen LogP contribution is 2.22. The molecule has 0 saturated heterocycles. The average Bonchev–Trinajstić information content (AvgIpc) is 2.36. The number of carbonyl (C=O) groups excluding carboxylic acids is 1. The summed E-state index contributed by atoms with van der Waals surface area (Å²) < 4.78 is 37.5. The molecular weight excluding hydrogens is 269 g/mol. The predicted molar refractivity (Wildman–Crippen MR) is 73.0 cm³/mol. The quantitative estimate of drug-likeness (QED) is 0.900. The smallest absolute Gasteiger partial charge is 0.385 e. The zero-order valence-corrected chi connectivity index (χ0v) is 11.8. The van der Waals surface area contributed by atoms with E-state index in [0.717, 1.165) is 10.5 Å². The van der Waals surface area contributed by atoms with Crippen LogP contribution in [-0.4, -0.2) is 36.6 Å². The topological polar surface area (TPSA) is 32.3 Å². The molecule has 0 unspecified atom stereocenters. The number of benzene rings is 1. The molecule has 1 N–H and O–H groups in total. The lowest BCUT2D eigenvalue weighted by Crippen LogP contribution is -2.39. The SMILES string of the molecule is CCNc1ccc(C)cc1C(=O)N(CC)CC(F)(F)F. The van der Waals surface area contributed by atoms with Gasteiger partial charge in [-0.05, 0) is 32.9 Å². The van der Waals surface area contributed by atoms with E-state index in [-0.39, 0.29) is 12.1 Å². The highest BCUT2D eigenvalue weighted by atomic mass is 19.4. The van der Waals surface area contributed by atoms with Crippen LogP contribution >= 0.6 is 0 Å². The summed E-state index contributed by atoms with van der Waals surface area (Å²) >= 11 is 0. The van der Waals surface area contributed by atoms with E-state index in [1.165, 1.54) is 6.92 Å². The number of amides is 1. The summed E-state index contributed by atoms with van der Waals surface area (Å²) in [5.41, 5.74) is 1.67. The van der Waals surface area contributed by atoms with Crippen molar-refractivity contribution in [3.63, 3.8) is 0 Å². The van der Waals surface area contributed by atoms with Crippen molar-refractivity contribution in [2.45, 2.75) is 26.9 Å². The Balaban J connectivity index is 3.08. The van der Waals surface area contributed by atoms with Gasteiger partial charge >= 0.3 is 6.18 Å². The summed E-state index contributed by atoms with van der Waals surface area (Å²) in [7, 11) is 0. The van der Waals surface area contributed by atoms with Crippen LogP contribution in [0.15, 0.2) is 18.2 Å². The number of aryl methyl sites for hydroxylation is 1. The highest BCUT2D eigenvalue weighted by molar-refractivity contribution is 5.99. The number of alkyl halides is 3. The van der Waals surface area contributed by atoms with E-state index >= 15 is 0 Å². The number of halogens is 3. The van der Waals surface area contributed by atoms with Gasteiger partial charge in [-0.15, -0.1) is 0 Å². The molecular formula is C14H19F3N2O. The minimum atomic E-state index is -4.39. The number of nitrogens with one attached hydrogen (secondary N) is 1. The van der Waals surface area contributed by atoms with Crippen LogP contribution in [0.5, 0.6) is 0 Å². The summed E-state index contributed by atoms with van der Waals surface area (Å²) in [6.45, 7) is 4.56. The van der Waals surface area contributed by atoms with E-state index in [1.807, 2.05) is 13.0 Å². The van der Waals surface area contributed by atoms with Gasteiger partial charge in [-0.3, -0.25) is 4.79 Å². The first-order chi connectivity index (χ1) is 9.28. The Hall–Kier alpha value is -1.72. The third-order valence-corrected chi connectivity index (χ3v) is 2.81. The predicted octanol–water partition coefficient (Wildman–Crippen LogP) is 3.45. The van der Waals surface area contributed by atoms with Crippen molar-refractivity contribution in [1.29, 1.82) is 0 Å².